The van der Waals surface area contributed by atoms with E-state index in [4.69, 9.17) is 0 Å². The Morgan fingerprint density at radius 1 is 1.19 bits per heavy atom. The number of aryl methyl sites for hydroxylation is 1. The molecule has 148 valence electrons. The summed E-state index contributed by atoms with van der Waals surface area (Å²) in [4.78, 5) is 8.90. The van der Waals surface area contributed by atoms with Crippen LogP contribution >= 0.6 is 0 Å². The van der Waals surface area contributed by atoms with Crippen molar-refractivity contribution in [2.75, 3.05) is 34.2 Å². The Balaban J connectivity index is 1.84. The van der Waals surface area contributed by atoms with E-state index in [1.165, 1.54) is 11.1 Å². The smallest absolute Gasteiger partial charge is 0.193 e. The number of hydrogen-bond acceptors (Lipinski definition) is 3. The Morgan fingerprint density at radius 2 is 1.89 bits per heavy atom. The van der Waals surface area contributed by atoms with Crippen LogP contribution in [0, 0.1) is 0 Å². The number of nitrogens with zero attached hydrogens (tertiary/aromatic N) is 5. The lowest BCUT2D eigenvalue weighted by molar-refractivity contribution is 0.328. The lowest BCUT2D eigenvalue weighted by Gasteiger charge is -2.24. The minimum Gasteiger partial charge on any atom is -0.355 e. The van der Waals surface area contributed by atoms with Crippen molar-refractivity contribution >= 4 is 5.96 Å². The van der Waals surface area contributed by atoms with E-state index in [9.17, 15) is 0 Å². The molecule has 0 unspecified atom stereocenters. The van der Waals surface area contributed by atoms with Crippen molar-refractivity contribution in [1.29, 1.82) is 0 Å². The Morgan fingerprint density at radius 3 is 2.52 bits per heavy atom. The molecule has 1 aromatic carbocycles. The van der Waals surface area contributed by atoms with Crippen LogP contribution in [-0.4, -0.2) is 59.8 Å². The van der Waals surface area contributed by atoms with Crippen LogP contribution in [0.25, 0.3) is 0 Å². The van der Waals surface area contributed by atoms with E-state index in [1.54, 1.807) is 0 Å². The normalized spacial score (nSPS) is 12.1. The highest BCUT2D eigenvalue weighted by Gasteiger charge is 2.15. The predicted octanol–water partition coefficient (Wildman–Crippen LogP) is 2.68. The van der Waals surface area contributed by atoms with Gasteiger partial charge >= 0.3 is 0 Å². The number of aliphatic imine (C=N–C) groups is 1. The third-order valence-electron chi connectivity index (χ3n) is 4.54. The molecule has 1 heterocycles. The van der Waals surface area contributed by atoms with Gasteiger partial charge in [0.1, 0.15) is 0 Å². The van der Waals surface area contributed by atoms with E-state index in [1.807, 2.05) is 18.8 Å². The van der Waals surface area contributed by atoms with Gasteiger partial charge in [-0.25, -0.2) is 0 Å². The Kier molecular flexibility index (Phi) is 7.85. The molecular weight excluding hydrogens is 336 g/mol. The van der Waals surface area contributed by atoms with Gasteiger partial charge < -0.3 is 15.1 Å². The maximum absolute atomic E-state index is 4.60. The number of nitrogens with one attached hydrogen (secondary N) is 1. The van der Waals surface area contributed by atoms with Crippen LogP contribution in [0.3, 0.4) is 0 Å². The summed E-state index contributed by atoms with van der Waals surface area (Å²) >= 11 is 0. The number of benzene rings is 1. The summed E-state index contributed by atoms with van der Waals surface area (Å²) in [5.41, 5.74) is 3.74. The molecule has 27 heavy (non-hydrogen) atoms. The quantitative estimate of drug-likeness (QED) is 0.573. The standard InChI is InChI=1S/C21H34N6/c1-17(2)20-19(16-27(6)24-20)15-26(5)21(22-3)23-12-13-25(4)14-18-10-8-7-9-11-18/h7-11,16-17H,12-15H2,1-6H3,(H,22,23). The molecule has 6 heteroatoms. The SMILES string of the molecule is CN=C(NCCN(C)Cc1ccccc1)N(C)Cc1cn(C)nc1C(C)C. The average Bonchev–Trinajstić information content (AvgIpc) is 3.00. The van der Waals surface area contributed by atoms with Gasteiger partial charge in [0.05, 0.1) is 5.69 Å². The van der Waals surface area contributed by atoms with Gasteiger partial charge in [0.25, 0.3) is 0 Å². The molecule has 0 atom stereocenters. The van der Waals surface area contributed by atoms with Crippen LogP contribution in [0.5, 0.6) is 0 Å². The first kappa shape index (κ1) is 21.0. The first-order chi connectivity index (χ1) is 12.9. The molecule has 0 aliphatic carbocycles. The highest BCUT2D eigenvalue weighted by Crippen LogP contribution is 2.18. The molecule has 0 fully saturated rings. The molecule has 6 nitrogen and oxygen atoms in total. The maximum atomic E-state index is 4.60. The first-order valence-electron chi connectivity index (χ1n) is 9.57. The monoisotopic (exact) mass is 370 g/mol. The Labute approximate surface area is 163 Å². The first-order valence-corrected chi connectivity index (χ1v) is 9.57. The molecule has 0 radical (unpaired) electrons. The molecule has 0 saturated carbocycles. The summed E-state index contributed by atoms with van der Waals surface area (Å²) in [5, 5.41) is 8.07. The molecule has 1 N–H and O–H groups in total. The number of likely N-dealkylation sites (N-methyl/N-ethyl adjacent to an activating group) is 1. The molecule has 0 amide bonds. The van der Waals surface area contributed by atoms with Gasteiger partial charge in [-0.15, -0.1) is 0 Å². The fourth-order valence-electron chi connectivity index (χ4n) is 3.21. The molecule has 0 spiro atoms. The summed E-state index contributed by atoms with van der Waals surface area (Å²) in [6, 6.07) is 10.6. The fraction of sp³-hybridized carbons (Fsp3) is 0.524. The van der Waals surface area contributed by atoms with Gasteiger partial charge in [-0.05, 0) is 18.5 Å². The van der Waals surface area contributed by atoms with Crippen LogP contribution in [-0.2, 0) is 20.1 Å². The maximum Gasteiger partial charge on any atom is 0.193 e. The van der Waals surface area contributed by atoms with Gasteiger partial charge in [0.2, 0.25) is 0 Å². The fourth-order valence-corrected chi connectivity index (χ4v) is 3.21. The molecule has 0 aliphatic rings. The van der Waals surface area contributed by atoms with E-state index in [2.05, 4.69) is 89.7 Å². The second-order valence-corrected chi connectivity index (χ2v) is 7.42. The summed E-state index contributed by atoms with van der Waals surface area (Å²) in [6.07, 6.45) is 2.10. The lowest BCUT2D eigenvalue weighted by atomic mass is 10.1. The third-order valence-corrected chi connectivity index (χ3v) is 4.54. The van der Waals surface area contributed by atoms with Crippen molar-refractivity contribution in [2.24, 2.45) is 12.0 Å². The molecule has 1 aromatic heterocycles. The van der Waals surface area contributed by atoms with E-state index in [-0.39, 0.29) is 0 Å². The Bertz CT molecular complexity index is 720. The molecular formula is C21H34N6. The average molecular weight is 371 g/mol. The van der Waals surface area contributed by atoms with Crippen molar-refractivity contribution in [1.82, 2.24) is 24.9 Å². The van der Waals surface area contributed by atoms with E-state index in [0.717, 1.165) is 37.8 Å². The number of aromatic nitrogens is 2. The zero-order chi connectivity index (χ0) is 19.8. The minimum absolute atomic E-state index is 0.413. The summed E-state index contributed by atoms with van der Waals surface area (Å²) in [6.45, 7) is 7.91. The highest BCUT2D eigenvalue weighted by atomic mass is 15.3. The summed E-state index contributed by atoms with van der Waals surface area (Å²) in [7, 11) is 8.02. The second kappa shape index (κ2) is 10.1. The second-order valence-electron chi connectivity index (χ2n) is 7.42. The predicted molar refractivity (Wildman–Crippen MR) is 113 cm³/mol. The molecule has 0 saturated heterocycles. The van der Waals surface area contributed by atoms with Crippen molar-refractivity contribution in [3.05, 3.63) is 53.3 Å². The van der Waals surface area contributed by atoms with E-state index >= 15 is 0 Å². The lowest BCUT2D eigenvalue weighted by Crippen LogP contribution is -2.41. The van der Waals surface area contributed by atoms with Gasteiger partial charge in [0.15, 0.2) is 5.96 Å². The minimum atomic E-state index is 0.413. The molecule has 0 aliphatic heterocycles. The van der Waals surface area contributed by atoms with Crippen molar-refractivity contribution in [3.63, 3.8) is 0 Å². The number of guanidine groups is 1. The van der Waals surface area contributed by atoms with E-state index < -0.39 is 0 Å². The zero-order valence-electron chi connectivity index (χ0n) is 17.6. The molecule has 0 bridgehead atoms. The van der Waals surface area contributed by atoms with Gasteiger partial charge in [-0.3, -0.25) is 9.67 Å². The van der Waals surface area contributed by atoms with Crippen LogP contribution < -0.4 is 5.32 Å². The van der Waals surface area contributed by atoms with Gasteiger partial charge in [-0.1, -0.05) is 44.2 Å². The van der Waals surface area contributed by atoms with Crippen LogP contribution in [0.15, 0.2) is 41.5 Å². The summed E-state index contributed by atoms with van der Waals surface area (Å²) < 4.78 is 1.90. The molecule has 2 rings (SSSR count). The van der Waals surface area contributed by atoms with Gasteiger partial charge in [-0.2, -0.15) is 5.10 Å². The largest absolute Gasteiger partial charge is 0.355 e. The number of rotatable bonds is 8. The number of hydrogen-bond donors (Lipinski definition) is 1. The topological polar surface area (TPSA) is 48.7 Å². The van der Waals surface area contributed by atoms with Crippen molar-refractivity contribution in [3.8, 4) is 0 Å². The van der Waals surface area contributed by atoms with Crippen molar-refractivity contribution < 1.29 is 0 Å². The van der Waals surface area contributed by atoms with Crippen LogP contribution in [0.1, 0.15) is 36.6 Å². The highest BCUT2D eigenvalue weighted by molar-refractivity contribution is 5.79. The van der Waals surface area contributed by atoms with Crippen molar-refractivity contribution in [2.45, 2.75) is 32.9 Å². The van der Waals surface area contributed by atoms with Crippen LogP contribution in [0.4, 0.5) is 0 Å². The van der Waals surface area contributed by atoms with Crippen LogP contribution in [0.2, 0.25) is 0 Å². The zero-order valence-corrected chi connectivity index (χ0v) is 17.6. The molecule has 2 aromatic rings. The Hall–Kier alpha value is -2.34. The van der Waals surface area contributed by atoms with E-state index in [0.29, 0.717) is 5.92 Å². The third kappa shape index (κ3) is 6.40. The summed E-state index contributed by atoms with van der Waals surface area (Å²) in [5.74, 6) is 1.32. The van der Waals surface area contributed by atoms with Gasteiger partial charge in [0, 0.05) is 59.1 Å².